The fourth-order valence-corrected chi connectivity index (χ4v) is 3.10. The van der Waals surface area contributed by atoms with Gasteiger partial charge in [-0.2, -0.15) is 0 Å². The third kappa shape index (κ3) is 3.89. The van der Waals surface area contributed by atoms with Crippen molar-refractivity contribution in [3.8, 4) is 0 Å². The van der Waals surface area contributed by atoms with Crippen LogP contribution in [0, 0.1) is 0 Å². The molecule has 122 valence electrons. The Morgan fingerprint density at radius 2 is 1.48 bits per heavy atom. The minimum atomic E-state index is 0.795. The largest absolute Gasteiger partial charge is 0.343 e. The quantitative estimate of drug-likeness (QED) is 0.614. The third-order valence-electron chi connectivity index (χ3n) is 4.31. The van der Waals surface area contributed by atoms with Crippen LogP contribution in [0.2, 0.25) is 0 Å². The highest BCUT2D eigenvalue weighted by molar-refractivity contribution is 5.34. The lowest BCUT2D eigenvalue weighted by Crippen LogP contribution is -2.01. The average Bonchev–Trinajstić information content (AvgIpc) is 3.18. The maximum Gasteiger partial charge on any atom is 0.343 e. The molecule has 0 amide bonds. The lowest BCUT2D eigenvalue weighted by molar-refractivity contribution is -0.496. The molecule has 0 atom stereocenters. The van der Waals surface area contributed by atoms with E-state index in [-0.39, 0.29) is 0 Å². The number of benzene rings is 2. The third-order valence-corrected chi connectivity index (χ3v) is 4.31. The van der Waals surface area contributed by atoms with Crippen LogP contribution in [0.4, 0.5) is 5.82 Å². The maximum absolute atomic E-state index is 4.43. The first-order valence-corrected chi connectivity index (χ1v) is 8.57. The van der Waals surface area contributed by atoms with Crippen LogP contribution in [0.25, 0.3) is 0 Å². The molecule has 1 aromatic heterocycles. The molecule has 0 N–H and O–H groups in total. The van der Waals surface area contributed by atoms with Crippen molar-refractivity contribution in [1.29, 1.82) is 0 Å². The van der Waals surface area contributed by atoms with Crippen LogP contribution in [0.1, 0.15) is 22.3 Å². The van der Waals surface area contributed by atoms with Gasteiger partial charge in [-0.25, -0.2) is 0 Å². The molecule has 0 saturated heterocycles. The van der Waals surface area contributed by atoms with Crippen LogP contribution in [-0.2, 0) is 12.8 Å². The van der Waals surface area contributed by atoms with Crippen molar-refractivity contribution in [3.05, 3.63) is 107 Å². The number of hydrogen-bond donors (Lipinski definition) is 0. The van der Waals surface area contributed by atoms with E-state index in [4.69, 9.17) is 0 Å². The first-order valence-electron chi connectivity index (χ1n) is 8.57. The highest BCUT2D eigenvalue weighted by Crippen LogP contribution is 2.18. The molecule has 1 aliphatic rings. The second-order valence-electron chi connectivity index (χ2n) is 6.26. The average molecular weight is 326 g/mol. The van der Waals surface area contributed by atoms with Crippen molar-refractivity contribution in [3.63, 3.8) is 0 Å². The number of hydrogen-bond acceptors (Lipinski definition) is 2. The molecule has 0 radical (unpaired) electrons. The summed E-state index contributed by atoms with van der Waals surface area (Å²) in [7, 11) is 0. The second-order valence-corrected chi connectivity index (χ2v) is 6.26. The van der Waals surface area contributed by atoms with E-state index in [1.807, 2.05) is 23.2 Å². The lowest BCUT2D eigenvalue weighted by Gasteiger charge is -2.06. The topological polar surface area (TPSA) is 28.3 Å². The summed E-state index contributed by atoms with van der Waals surface area (Å²) in [6.07, 6.45) is 7.59. The summed E-state index contributed by atoms with van der Waals surface area (Å²) in [4.78, 5) is 4.43. The van der Waals surface area contributed by atoms with Crippen LogP contribution in [-0.4, -0.2) is 16.2 Å². The number of pyridine rings is 1. The first-order chi connectivity index (χ1) is 12.4. The van der Waals surface area contributed by atoms with Gasteiger partial charge in [0.1, 0.15) is 12.7 Å². The normalized spacial score (nSPS) is 13.0. The lowest BCUT2D eigenvalue weighted by atomic mass is 9.99. The number of rotatable bonds is 5. The van der Waals surface area contributed by atoms with Crippen LogP contribution in [0.3, 0.4) is 0 Å². The van der Waals surface area contributed by atoms with Crippen LogP contribution in [0.5, 0.6) is 0 Å². The van der Waals surface area contributed by atoms with Gasteiger partial charge in [0.05, 0.1) is 6.20 Å². The van der Waals surface area contributed by atoms with Gasteiger partial charge in [0, 0.05) is 6.07 Å². The summed E-state index contributed by atoms with van der Waals surface area (Å²) >= 11 is 0. The van der Waals surface area contributed by atoms with E-state index in [9.17, 15) is 0 Å². The van der Waals surface area contributed by atoms with Gasteiger partial charge in [0.2, 0.25) is 0 Å². The molecule has 0 unspecified atom stereocenters. The molecular formula is C22H20N3+. The second kappa shape index (κ2) is 7.22. The van der Waals surface area contributed by atoms with E-state index in [2.05, 4.69) is 76.8 Å². The van der Waals surface area contributed by atoms with E-state index < -0.39 is 0 Å². The molecule has 3 nitrogen and oxygen atoms in total. The Balaban J connectivity index is 1.51. The van der Waals surface area contributed by atoms with Crippen molar-refractivity contribution in [2.45, 2.75) is 12.8 Å². The number of aromatic nitrogens is 1. The SMILES string of the molecule is C1=CN=[N+](c2cc(Cc3cccc(Cc4ccccc4)c3)ccn2)C1. The van der Waals surface area contributed by atoms with E-state index in [1.165, 1.54) is 22.3 Å². The Labute approximate surface area is 148 Å². The predicted molar refractivity (Wildman–Crippen MR) is 99.1 cm³/mol. The predicted octanol–water partition coefficient (Wildman–Crippen LogP) is 4.89. The molecule has 0 aliphatic carbocycles. The Morgan fingerprint density at radius 1 is 0.760 bits per heavy atom. The van der Waals surface area contributed by atoms with E-state index >= 15 is 0 Å². The molecule has 0 spiro atoms. The molecule has 2 heterocycles. The Morgan fingerprint density at radius 3 is 2.24 bits per heavy atom. The number of azo groups is 2. The van der Waals surface area contributed by atoms with Gasteiger partial charge in [0.25, 0.3) is 0 Å². The zero-order chi connectivity index (χ0) is 16.9. The summed E-state index contributed by atoms with van der Waals surface area (Å²) < 4.78 is 1.91. The fourth-order valence-electron chi connectivity index (χ4n) is 3.10. The monoisotopic (exact) mass is 326 g/mol. The van der Waals surface area contributed by atoms with Crippen LogP contribution < -0.4 is 0 Å². The van der Waals surface area contributed by atoms with Crippen molar-refractivity contribution < 1.29 is 4.70 Å². The van der Waals surface area contributed by atoms with Gasteiger partial charge in [-0.05, 0) is 52.2 Å². The van der Waals surface area contributed by atoms with Crippen molar-refractivity contribution >= 4 is 5.82 Å². The minimum absolute atomic E-state index is 0.795. The molecule has 3 heteroatoms. The molecule has 2 aromatic carbocycles. The highest BCUT2D eigenvalue weighted by Gasteiger charge is 2.13. The van der Waals surface area contributed by atoms with Crippen molar-refractivity contribution in [2.24, 2.45) is 5.11 Å². The molecule has 3 aromatic rings. The van der Waals surface area contributed by atoms with Gasteiger partial charge < -0.3 is 0 Å². The standard InChI is InChI=1S/C22H20N3/c1-2-6-18(7-3-1)14-19-8-4-9-20(15-19)16-21-10-12-23-22(17-21)25-13-5-11-24-25/h1-12,15,17H,13-14,16H2/q+1. The van der Waals surface area contributed by atoms with Gasteiger partial charge in [-0.15, -0.1) is 4.70 Å². The van der Waals surface area contributed by atoms with E-state index in [0.717, 1.165) is 25.2 Å². The summed E-state index contributed by atoms with van der Waals surface area (Å²) in [5.74, 6) is 0.906. The van der Waals surface area contributed by atoms with Gasteiger partial charge in [-0.1, -0.05) is 59.7 Å². The molecule has 25 heavy (non-hydrogen) atoms. The summed E-state index contributed by atoms with van der Waals surface area (Å²) in [6.45, 7) is 0.795. The van der Waals surface area contributed by atoms with Crippen molar-refractivity contribution in [1.82, 2.24) is 4.98 Å². The first kappa shape index (κ1) is 15.5. The molecule has 0 fully saturated rings. The smallest absolute Gasteiger partial charge is 0.127 e. The summed E-state index contributed by atoms with van der Waals surface area (Å²) in [5, 5.41) is 4.31. The van der Waals surface area contributed by atoms with Gasteiger partial charge >= 0.3 is 5.82 Å². The minimum Gasteiger partial charge on any atom is -0.127 e. The van der Waals surface area contributed by atoms with Crippen LogP contribution >= 0.6 is 0 Å². The molecular weight excluding hydrogens is 306 g/mol. The number of nitrogens with zero attached hydrogens (tertiary/aromatic N) is 3. The Hall–Kier alpha value is -3.07. The summed E-state index contributed by atoms with van der Waals surface area (Å²) in [5.41, 5.74) is 5.26. The Kier molecular flexibility index (Phi) is 4.46. The molecule has 1 aliphatic heterocycles. The van der Waals surface area contributed by atoms with Gasteiger partial charge in [-0.3, -0.25) is 0 Å². The zero-order valence-corrected chi connectivity index (χ0v) is 14.0. The van der Waals surface area contributed by atoms with E-state index in [0.29, 0.717) is 0 Å². The fraction of sp³-hybridized carbons (Fsp3) is 0.136. The summed E-state index contributed by atoms with van der Waals surface area (Å²) in [6, 6.07) is 23.6. The van der Waals surface area contributed by atoms with Crippen molar-refractivity contribution in [2.75, 3.05) is 6.54 Å². The zero-order valence-electron chi connectivity index (χ0n) is 14.0. The highest BCUT2D eigenvalue weighted by atomic mass is 15.3. The molecule has 0 saturated carbocycles. The molecule has 0 bridgehead atoms. The van der Waals surface area contributed by atoms with Gasteiger partial charge in [0.15, 0.2) is 0 Å². The van der Waals surface area contributed by atoms with Crippen LogP contribution in [0.15, 0.2) is 90.3 Å². The maximum atomic E-state index is 4.43. The molecule has 4 rings (SSSR count). The Bertz CT molecular complexity index is 927. The van der Waals surface area contributed by atoms with E-state index in [1.54, 1.807) is 0 Å².